The second-order valence-corrected chi connectivity index (χ2v) is 6.96. The molecule has 0 heterocycles. The van der Waals surface area contributed by atoms with Crippen molar-refractivity contribution in [3.05, 3.63) is 0 Å². The summed E-state index contributed by atoms with van der Waals surface area (Å²) in [6, 6.07) is 3.17. The quantitative estimate of drug-likeness (QED) is 0.629. The lowest BCUT2D eigenvalue weighted by Crippen LogP contribution is -2.48. The van der Waals surface area contributed by atoms with Crippen LogP contribution in [0.25, 0.3) is 0 Å². The Balaban J connectivity index is 1.61. The molecule has 2 atom stereocenters. The van der Waals surface area contributed by atoms with Crippen molar-refractivity contribution in [1.82, 2.24) is 5.32 Å². The molecule has 4 heteroatoms. The molecular weight excluding hydrogens is 264 g/mol. The molecule has 0 spiro atoms. The topological polar surface area (TPSA) is 54.3 Å². The minimum Gasteiger partial charge on any atom is -0.379 e. The molecule has 0 amide bonds. The summed E-state index contributed by atoms with van der Waals surface area (Å²) in [5.74, 6) is 1.02. The minimum absolute atomic E-state index is 0.279. The van der Waals surface area contributed by atoms with E-state index in [-0.39, 0.29) is 5.54 Å². The summed E-state index contributed by atoms with van der Waals surface area (Å²) in [5, 5.41) is 13.2. The van der Waals surface area contributed by atoms with E-state index in [0.717, 1.165) is 38.9 Å². The molecule has 2 saturated carbocycles. The van der Waals surface area contributed by atoms with Gasteiger partial charge in [-0.3, -0.25) is 5.32 Å². The summed E-state index contributed by atoms with van der Waals surface area (Å²) in [4.78, 5) is 0. The number of ether oxygens (including phenoxy) is 2. The van der Waals surface area contributed by atoms with E-state index in [9.17, 15) is 5.26 Å². The van der Waals surface area contributed by atoms with Crippen LogP contribution in [0.5, 0.6) is 0 Å². The lowest BCUT2D eigenvalue weighted by atomic mass is 9.86. The average molecular weight is 294 g/mol. The maximum atomic E-state index is 9.61. The first kappa shape index (κ1) is 16.7. The molecule has 0 aliphatic heterocycles. The lowest BCUT2D eigenvalue weighted by Gasteiger charge is -2.30. The molecule has 4 nitrogen and oxygen atoms in total. The summed E-state index contributed by atoms with van der Waals surface area (Å²) in [6.45, 7) is 7.17. The van der Waals surface area contributed by atoms with E-state index in [1.807, 2.05) is 0 Å². The van der Waals surface area contributed by atoms with Crippen LogP contribution in [-0.2, 0) is 9.47 Å². The minimum atomic E-state index is -0.279. The van der Waals surface area contributed by atoms with E-state index in [4.69, 9.17) is 9.47 Å². The summed E-state index contributed by atoms with van der Waals surface area (Å²) in [6.07, 6.45) is 6.77. The molecule has 120 valence electrons. The fourth-order valence-electron chi connectivity index (χ4n) is 3.19. The molecule has 0 aromatic carbocycles. The zero-order chi connectivity index (χ0) is 15.1. The van der Waals surface area contributed by atoms with Gasteiger partial charge >= 0.3 is 0 Å². The van der Waals surface area contributed by atoms with Crippen LogP contribution in [-0.4, -0.2) is 38.0 Å². The van der Waals surface area contributed by atoms with Crippen LogP contribution >= 0.6 is 0 Å². The average Bonchev–Trinajstić information content (AvgIpc) is 3.18. The van der Waals surface area contributed by atoms with Crippen molar-refractivity contribution in [3.63, 3.8) is 0 Å². The SMILES string of the molecule is CC(C)COCCOCCC1CCCC1(C#N)NC1CC1. The van der Waals surface area contributed by atoms with Gasteiger partial charge in [-0.15, -0.1) is 0 Å². The van der Waals surface area contributed by atoms with Crippen LogP contribution in [0.1, 0.15) is 52.4 Å². The molecule has 2 aliphatic rings. The Bertz CT molecular complexity index is 349. The highest BCUT2D eigenvalue weighted by Gasteiger charge is 2.45. The fourth-order valence-corrected chi connectivity index (χ4v) is 3.19. The largest absolute Gasteiger partial charge is 0.379 e. The second kappa shape index (κ2) is 8.12. The third kappa shape index (κ3) is 5.25. The predicted molar refractivity (Wildman–Crippen MR) is 82.9 cm³/mol. The molecule has 2 unspecified atom stereocenters. The number of nitrogens with zero attached hydrogens (tertiary/aromatic N) is 1. The Hall–Kier alpha value is -0.630. The molecule has 1 N–H and O–H groups in total. The van der Waals surface area contributed by atoms with E-state index in [2.05, 4.69) is 25.2 Å². The zero-order valence-corrected chi connectivity index (χ0v) is 13.6. The molecule has 0 saturated heterocycles. The van der Waals surface area contributed by atoms with Crippen LogP contribution in [0.2, 0.25) is 0 Å². The van der Waals surface area contributed by atoms with Crippen molar-refractivity contribution in [3.8, 4) is 6.07 Å². The van der Waals surface area contributed by atoms with Crippen LogP contribution in [0.3, 0.4) is 0 Å². The van der Waals surface area contributed by atoms with E-state index in [1.54, 1.807) is 0 Å². The van der Waals surface area contributed by atoms with Crippen molar-refractivity contribution in [2.45, 2.75) is 64.0 Å². The molecule has 21 heavy (non-hydrogen) atoms. The highest BCUT2D eigenvalue weighted by Crippen LogP contribution is 2.40. The first-order chi connectivity index (χ1) is 10.2. The number of nitrogens with one attached hydrogen (secondary N) is 1. The predicted octanol–water partition coefficient (Wildman–Crippen LogP) is 2.88. The van der Waals surface area contributed by atoms with Crippen LogP contribution < -0.4 is 5.32 Å². The molecule has 0 aromatic rings. The first-order valence-corrected chi connectivity index (χ1v) is 8.51. The normalized spacial score (nSPS) is 29.0. The zero-order valence-electron chi connectivity index (χ0n) is 13.6. The Morgan fingerprint density at radius 3 is 2.62 bits per heavy atom. The highest BCUT2D eigenvalue weighted by molar-refractivity contribution is 5.16. The van der Waals surface area contributed by atoms with Gasteiger partial charge in [0, 0.05) is 19.3 Å². The van der Waals surface area contributed by atoms with Crippen molar-refractivity contribution in [2.75, 3.05) is 26.4 Å². The number of nitriles is 1. The third-order valence-corrected chi connectivity index (χ3v) is 4.49. The van der Waals surface area contributed by atoms with Crippen LogP contribution in [0, 0.1) is 23.2 Å². The van der Waals surface area contributed by atoms with Gasteiger partial charge in [-0.2, -0.15) is 5.26 Å². The summed E-state index contributed by atoms with van der Waals surface area (Å²) in [7, 11) is 0. The van der Waals surface area contributed by atoms with Gasteiger partial charge in [-0.05, 0) is 43.9 Å². The smallest absolute Gasteiger partial charge is 0.109 e. The molecule has 0 radical (unpaired) electrons. The van der Waals surface area contributed by atoms with Crippen molar-refractivity contribution in [1.29, 1.82) is 5.26 Å². The van der Waals surface area contributed by atoms with Crippen molar-refractivity contribution in [2.24, 2.45) is 11.8 Å². The van der Waals surface area contributed by atoms with Gasteiger partial charge in [0.05, 0.1) is 19.3 Å². The van der Waals surface area contributed by atoms with Gasteiger partial charge in [-0.25, -0.2) is 0 Å². The fraction of sp³-hybridized carbons (Fsp3) is 0.941. The summed E-state index contributed by atoms with van der Waals surface area (Å²) in [5.41, 5.74) is -0.279. The second-order valence-electron chi connectivity index (χ2n) is 6.96. The Labute approximate surface area is 129 Å². The van der Waals surface area contributed by atoms with Crippen LogP contribution in [0.15, 0.2) is 0 Å². The first-order valence-electron chi connectivity index (χ1n) is 8.51. The van der Waals surface area contributed by atoms with Gasteiger partial charge in [0.15, 0.2) is 0 Å². The van der Waals surface area contributed by atoms with Gasteiger partial charge in [0.25, 0.3) is 0 Å². The van der Waals surface area contributed by atoms with E-state index in [0.29, 0.717) is 31.1 Å². The third-order valence-electron chi connectivity index (χ3n) is 4.49. The molecule has 2 aliphatic carbocycles. The van der Waals surface area contributed by atoms with Gasteiger partial charge in [-0.1, -0.05) is 20.3 Å². The van der Waals surface area contributed by atoms with Crippen molar-refractivity contribution >= 4 is 0 Å². The lowest BCUT2D eigenvalue weighted by molar-refractivity contribution is 0.0317. The molecular formula is C17H30N2O2. The standard InChI is InChI=1S/C17H30N2O2/c1-14(2)12-21-11-10-20-9-7-15-4-3-8-17(15,13-18)19-16-5-6-16/h14-16,19H,3-12H2,1-2H3. The highest BCUT2D eigenvalue weighted by atomic mass is 16.5. The number of hydrogen-bond donors (Lipinski definition) is 1. The van der Waals surface area contributed by atoms with Gasteiger partial charge in [0.2, 0.25) is 0 Å². The van der Waals surface area contributed by atoms with E-state index < -0.39 is 0 Å². The molecule has 2 rings (SSSR count). The summed E-state index contributed by atoms with van der Waals surface area (Å²) < 4.78 is 11.2. The maximum absolute atomic E-state index is 9.61. The number of hydrogen-bond acceptors (Lipinski definition) is 4. The van der Waals surface area contributed by atoms with Crippen LogP contribution in [0.4, 0.5) is 0 Å². The summed E-state index contributed by atoms with van der Waals surface area (Å²) >= 11 is 0. The molecule has 2 fully saturated rings. The Morgan fingerprint density at radius 2 is 1.95 bits per heavy atom. The Morgan fingerprint density at radius 1 is 1.19 bits per heavy atom. The Kier molecular flexibility index (Phi) is 6.47. The van der Waals surface area contributed by atoms with Gasteiger partial charge < -0.3 is 9.47 Å². The van der Waals surface area contributed by atoms with Crippen molar-refractivity contribution < 1.29 is 9.47 Å². The van der Waals surface area contributed by atoms with E-state index in [1.165, 1.54) is 12.8 Å². The number of rotatable bonds is 10. The molecule has 0 aromatic heterocycles. The maximum Gasteiger partial charge on any atom is 0.109 e. The monoisotopic (exact) mass is 294 g/mol. The molecule has 0 bridgehead atoms. The van der Waals surface area contributed by atoms with E-state index >= 15 is 0 Å². The van der Waals surface area contributed by atoms with Gasteiger partial charge in [0.1, 0.15) is 5.54 Å².